The second kappa shape index (κ2) is 27.2. The lowest BCUT2D eigenvalue weighted by Crippen LogP contribution is -2.15. The van der Waals surface area contributed by atoms with E-state index in [0.29, 0.717) is 135 Å². The molecule has 0 spiro atoms. The molecule has 0 fully saturated rings. The maximum atomic E-state index is 12.0. The lowest BCUT2D eigenvalue weighted by Gasteiger charge is -2.17. The minimum absolute atomic E-state index is 0.314. The van der Waals surface area contributed by atoms with E-state index < -0.39 is 0 Å². The highest BCUT2D eigenvalue weighted by Gasteiger charge is 2.16. The smallest absolute Gasteiger partial charge is 0.172 e. The van der Waals surface area contributed by atoms with Crippen LogP contribution in [0, 0.1) is 0 Å². The number of carbonyl (C=O) groups excluding carboxylic acids is 1. The van der Waals surface area contributed by atoms with Crippen molar-refractivity contribution in [3.8, 4) is 28.4 Å². The molecule has 0 saturated heterocycles. The van der Waals surface area contributed by atoms with Gasteiger partial charge in [-0.1, -0.05) is 48.5 Å². The van der Waals surface area contributed by atoms with Crippen molar-refractivity contribution in [2.24, 2.45) is 0 Å². The lowest BCUT2D eigenvalue weighted by atomic mass is 10.0. The monoisotopic (exact) mass is 700 g/mol. The Labute approximate surface area is 295 Å². The van der Waals surface area contributed by atoms with Gasteiger partial charge in [0.25, 0.3) is 0 Å². The van der Waals surface area contributed by atoms with E-state index in [9.17, 15) is 4.79 Å². The summed E-state index contributed by atoms with van der Waals surface area (Å²) in [6, 6.07) is 21.0. The van der Waals surface area contributed by atoms with Crippen LogP contribution in [0.3, 0.4) is 0 Å². The minimum atomic E-state index is 0.314. The van der Waals surface area contributed by atoms with Gasteiger partial charge in [-0.25, -0.2) is 0 Å². The number of benzene rings is 3. The van der Waals surface area contributed by atoms with Gasteiger partial charge in [-0.3, -0.25) is 4.79 Å². The van der Waals surface area contributed by atoms with Gasteiger partial charge < -0.3 is 52.1 Å². The number of hydrogen-bond donors (Lipinski definition) is 0. The number of carbonyl (C=O) groups is 1. The molecule has 3 aromatic rings. The van der Waals surface area contributed by atoms with Crippen molar-refractivity contribution >= 4 is 6.29 Å². The van der Waals surface area contributed by atoms with E-state index in [4.69, 9.17) is 52.1 Å². The maximum absolute atomic E-state index is 12.0. The second-order valence-corrected chi connectivity index (χ2v) is 10.6. The fourth-order valence-corrected chi connectivity index (χ4v) is 4.51. The van der Waals surface area contributed by atoms with Crippen LogP contribution in [-0.4, -0.2) is 126 Å². The van der Waals surface area contributed by atoms with Crippen LogP contribution in [0.2, 0.25) is 0 Å². The highest BCUT2D eigenvalue weighted by Crippen LogP contribution is 2.39. The van der Waals surface area contributed by atoms with Crippen LogP contribution >= 0.6 is 0 Å². The van der Waals surface area contributed by atoms with Crippen molar-refractivity contribution in [1.82, 2.24) is 0 Å². The summed E-state index contributed by atoms with van der Waals surface area (Å²) < 4.78 is 61.0. The van der Waals surface area contributed by atoms with Gasteiger partial charge in [-0.05, 0) is 29.3 Å². The van der Waals surface area contributed by atoms with Crippen LogP contribution in [0.5, 0.6) is 17.2 Å². The van der Waals surface area contributed by atoms with E-state index in [0.717, 1.165) is 23.0 Å². The topological polar surface area (TPSA) is 119 Å². The Kier molecular flexibility index (Phi) is 22.2. The summed E-state index contributed by atoms with van der Waals surface area (Å²) in [7, 11) is 3.20. The van der Waals surface area contributed by atoms with Crippen LogP contribution in [-0.2, 0) is 44.5 Å². The summed E-state index contributed by atoms with van der Waals surface area (Å²) in [5.41, 5.74) is 2.98. The van der Waals surface area contributed by atoms with Gasteiger partial charge in [0.1, 0.15) is 19.0 Å². The minimum Gasteiger partial charge on any atom is -0.493 e. The zero-order valence-corrected chi connectivity index (χ0v) is 29.3. The third-order valence-electron chi connectivity index (χ3n) is 7.00. The van der Waals surface area contributed by atoms with E-state index >= 15 is 0 Å². The van der Waals surface area contributed by atoms with Gasteiger partial charge in [0.05, 0.1) is 112 Å². The standard InChI is InChI=1S/C38H52O12/c1-40-12-13-42-14-15-43-16-17-44-18-19-45-20-21-46-22-23-47-24-25-48-26-27-49-36-11-7-6-10-35(36)33-28-34(30-39)38(37(29-33)41-2)50-31-32-8-4-3-5-9-32/h3-11,28-30H,12-27,31H2,1-2H3. The third kappa shape index (κ3) is 16.9. The molecule has 0 amide bonds. The Morgan fingerprint density at radius 2 is 0.980 bits per heavy atom. The van der Waals surface area contributed by atoms with Crippen molar-refractivity contribution in [1.29, 1.82) is 0 Å². The number of methoxy groups -OCH3 is 2. The lowest BCUT2D eigenvalue weighted by molar-refractivity contribution is -0.0227. The van der Waals surface area contributed by atoms with Crippen LogP contribution in [0.4, 0.5) is 0 Å². The average molecular weight is 701 g/mol. The van der Waals surface area contributed by atoms with Crippen molar-refractivity contribution in [3.63, 3.8) is 0 Å². The van der Waals surface area contributed by atoms with Crippen LogP contribution in [0.15, 0.2) is 66.7 Å². The first-order chi connectivity index (χ1) is 24.8. The molecule has 12 nitrogen and oxygen atoms in total. The highest BCUT2D eigenvalue weighted by atomic mass is 16.6. The van der Waals surface area contributed by atoms with Crippen molar-refractivity contribution in [3.05, 3.63) is 77.9 Å². The zero-order chi connectivity index (χ0) is 35.3. The molecule has 12 heteroatoms. The fraction of sp³-hybridized carbons (Fsp3) is 0.500. The molecule has 3 rings (SSSR count). The summed E-state index contributed by atoms with van der Waals surface area (Å²) in [6.45, 7) is 8.15. The predicted molar refractivity (Wildman–Crippen MR) is 188 cm³/mol. The molecule has 0 aliphatic heterocycles. The Bertz CT molecular complexity index is 1290. The van der Waals surface area contributed by atoms with Crippen LogP contribution in [0.25, 0.3) is 11.1 Å². The van der Waals surface area contributed by atoms with Crippen molar-refractivity contribution in [2.45, 2.75) is 6.61 Å². The van der Waals surface area contributed by atoms with Gasteiger partial charge in [0, 0.05) is 12.7 Å². The number of ether oxygens (including phenoxy) is 11. The summed E-state index contributed by atoms with van der Waals surface area (Å²) >= 11 is 0. The van der Waals surface area contributed by atoms with E-state index in [1.54, 1.807) is 20.3 Å². The molecule has 3 aromatic carbocycles. The van der Waals surface area contributed by atoms with Gasteiger partial charge in [-0.15, -0.1) is 0 Å². The molecule has 0 saturated carbocycles. The quantitative estimate of drug-likeness (QED) is 0.0672. The van der Waals surface area contributed by atoms with Gasteiger partial charge in [0.2, 0.25) is 0 Å². The Morgan fingerprint density at radius 1 is 0.500 bits per heavy atom. The molecule has 0 atom stereocenters. The molecule has 0 aliphatic rings. The fourth-order valence-electron chi connectivity index (χ4n) is 4.51. The molecular weight excluding hydrogens is 648 g/mol. The molecule has 0 heterocycles. The largest absolute Gasteiger partial charge is 0.493 e. The van der Waals surface area contributed by atoms with E-state index in [2.05, 4.69) is 0 Å². The molecule has 276 valence electrons. The van der Waals surface area contributed by atoms with E-state index in [1.165, 1.54) is 0 Å². The first-order valence-electron chi connectivity index (χ1n) is 16.9. The molecule has 50 heavy (non-hydrogen) atoms. The van der Waals surface area contributed by atoms with Gasteiger partial charge in [0.15, 0.2) is 17.8 Å². The Balaban J connectivity index is 1.21. The summed E-state index contributed by atoms with van der Waals surface area (Å²) in [4.78, 5) is 12.0. The first-order valence-corrected chi connectivity index (χ1v) is 16.9. The molecule has 0 aliphatic carbocycles. The van der Waals surface area contributed by atoms with E-state index in [-0.39, 0.29) is 0 Å². The van der Waals surface area contributed by atoms with Crippen molar-refractivity contribution in [2.75, 3.05) is 120 Å². The summed E-state index contributed by atoms with van der Waals surface area (Å²) in [5, 5.41) is 0. The average Bonchev–Trinajstić information content (AvgIpc) is 3.16. The molecule has 0 unspecified atom stereocenters. The van der Waals surface area contributed by atoms with E-state index in [1.807, 2.05) is 60.7 Å². The predicted octanol–water partition coefficient (Wildman–Crippen LogP) is 4.90. The van der Waals surface area contributed by atoms with Gasteiger partial charge in [-0.2, -0.15) is 0 Å². The Morgan fingerprint density at radius 3 is 1.48 bits per heavy atom. The summed E-state index contributed by atoms with van der Waals surface area (Å²) in [6.07, 6.45) is 0.773. The highest BCUT2D eigenvalue weighted by molar-refractivity contribution is 5.86. The zero-order valence-electron chi connectivity index (χ0n) is 29.3. The number of para-hydroxylation sites is 1. The molecule has 0 bridgehead atoms. The normalized spacial score (nSPS) is 11.1. The first kappa shape index (κ1) is 40.8. The Hall–Kier alpha value is -3.59. The molecule has 0 aromatic heterocycles. The number of hydrogen-bond acceptors (Lipinski definition) is 12. The SMILES string of the molecule is COCCOCCOCCOCCOCCOCCOCCOCCOc1ccccc1-c1cc(C=O)c(OCc2ccccc2)c(OC)c1. The van der Waals surface area contributed by atoms with Gasteiger partial charge >= 0.3 is 0 Å². The van der Waals surface area contributed by atoms with Crippen LogP contribution in [0.1, 0.15) is 15.9 Å². The summed E-state index contributed by atoms with van der Waals surface area (Å²) in [5.74, 6) is 1.53. The second-order valence-electron chi connectivity index (χ2n) is 10.6. The molecule has 0 radical (unpaired) electrons. The molecular formula is C38H52O12. The molecule has 0 N–H and O–H groups in total. The number of aldehydes is 1. The third-order valence-corrected chi connectivity index (χ3v) is 7.00. The van der Waals surface area contributed by atoms with Crippen molar-refractivity contribution < 1.29 is 56.9 Å². The number of rotatable bonds is 31. The maximum Gasteiger partial charge on any atom is 0.172 e. The van der Waals surface area contributed by atoms with Crippen LogP contribution < -0.4 is 14.2 Å².